The number of aromatic amines is 5. The molecule has 0 saturated heterocycles. The molecule has 30 nitrogen and oxygen atoms in total. The van der Waals surface area contributed by atoms with E-state index in [-0.39, 0.29) is 28.5 Å². The first-order valence-corrected chi connectivity index (χ1v) is 47.2. The highest BCUT2D eigenvalue weighted by atomic mass is 32.2. The van der Waals surface area contributed by atoms with Crippen LogP contribution >= 0.6 is 11.8 Å². The van der Waals surface area contributed by atoms with Gasteiger partial charge in [0, 0.05) is 43.4 Å². The topological polar surface area (TPSA) is 403 Å². The molecule has 0 saturated carbocycles. The molecule has 0 aromatic heterocycles. The van der Waals surface area contributed by atoms with Gasteiger partial charge < -0.3 is 22.8 Å². The molecule has 0 atom stereocenters. The Balaban J connectivity index is 0.000000125. The maximum absolute atomic E-state index is 12.3. The summed E-state index contributed by atoms with van der Waals surface area (Å²) in [7, 11) is 0. The molecule has 10 aliphatic heterocycles. The van der Waals surface area contributed by atoms with E-state index >= 15 is 0 Å². The first kappa shape index (κ1) is 96.1. The molecule has 704 valence electrons. The Labute approximate surface area is 801 Å². The van der Waals surface area contributed by atoms with Gasteiger partial charge in [0.15, 0.2) is 57.6 Å². The van der Waals surface area contributed by atoms with Crippen molar-refractivity contribution in [2.75, 3.05) is 5.75 Å². The molecule has 0 amide bonds. The van der Waals surface area contributed by atoms with Crippen molar-refractivity contribution < 1.29 is 0 Å². The lowest BCUT2D eigenvalue weighted by Crippen LogP contribution is -2.29. The summed E-state index contributed by atoms with van der Waals surface area (Å²) in [5, 5.41) is 0. The summed E-state index contributed by atoms with van der Waals surface area (Å²) in [4.78, 5) is 176. The summed E-state index contributed by atoms with van der Waals surface area (Å²) in [6.07, 6.45) is 7.04. The lowest BCUT2D eigenvalue weighted by molar-refractivity contribution is 0.648. The zero-order valence-corrected chi connectivity index (χ0v) is 80.8. The summed E-state index contributed by atoms with van der Waals surface area (Å²) < 4.78 is 9.74. The van der Waals surface area contributed by atoms with Crippen molar-refractivity contribution in [1.82, 2.24) is 97.6 Å². The Hall–Kier alpha value is -16.1. The Morgan fingerprint density at radius 2 is 0.468 bits per heavy atom. The van der Waals surface area contributed by atoms with E-state index in [9.17, 15) is 47.9 Å². The molecule has 31 heteroatoms. The number of rotatable bonds is 20. The number of thioether (sulfide) groups is 1. The predicted octanol–water partition coefficient (Wildman–Crippen LogP) is 15.6. The molecule has 10 aliphatic rings. The zero-order valence-electron chi connectivity index (χ0n) is 80.0. The average molecular weight is 1880 g/mol. The van der Waals surface area contributed by atoms with Gasteiger partial charge in [0.25, 0.3) is 27.8 Å². The van der Waals surface area contributed by atoms with Crippen molar-refractivity contribution in [3.8, 4) is 57.6 Å². The van der Waals surface area contributed by atoms with Gasteiger partial charge in [-0.3, -0.25) is 48.9 Å². The second-order valence-electron chi connectivity index (χ2n) is 35.7. The van der Waals surface area contributed by atoms with Crippen molar-refractivity contribution in [1.29, 1.82) is 0 Å². The molecule has 10 aromatic carbocycles. The molecule has 0 unspecified atom stereocenters. The highest BCUT2D eigenvalue weighted by molar-refractivity contribution is 7.99. The van der Waals surface area contributed by atoms with Gasteiger partial charge >= 0.3 is 28.4 Å². The highest BCUT2D eigenvalue weighted by Crippen LogP contribution is 2.32. The third kappa shape index (κ3) is 22.1. The van der Waals surface area contributed by atoms with Crippen LogP contribution in [-0.4, -0.2) is 103 Å². The Bertz CT molecular complexity index is 8170. The zero-order chi connectivity index (χ0) is 98.3. The number of H-pyrrole nitrogens is 5. The normalized spacial score (nSPS) is 11.4. The van der Waals surface area contributed by atoms with Gasteiger partial charge in [-0.05, 0) is 299 Å². The van der Waals surface area contributed by atoms with Gasteiger partial charge in [0.1, 0.15) is 0 Å². The first-order valence-electron chi connectivity index (χ1n) is 46.2. The van der Waals surface area contributed by atoms with Gasteiger partial charge in [-0.25, -0.2) is 48.9 Å². The summed E-state index contributed by atoms with van der Waals surface area (Å²) in [5.74, 6) is 2.47. The molecule has 10 aromatic rings. The lowest BCUT2D eigenvalue weighted by atomic mass is 10.1. The van der Waals surface area contributed by atoms with E-state index in [4.69, 9.17) is 0 Å². The Morgan fingerprint density at radius 3 is 0.719 bits per heavy atom. The van der Waals surface area contributed by atoms with Crippen molar-refractivity contribution >= 4 is 66.9 Å². The van der Waals surface area contributed by atoms with Gasteiger partial charge in [-0.2, -0.15) is 24.9 Å². The van der Waals surface area contributed by atoms with Crippen molar-refractivity contribution in [2.45, 2.75) is 186 Å². The van der Waals surface area contributed by atoms with E-state index in [0.717, 1.165) is 168 Å². The van der Waals surface area contributed by atoms with E-state index in [1.54, 1.807) is 11.8 Å². The number of nitrogens with one attached hydrogen (secondary N) is 5. The molecular formula is C108H106N20O10S. The van der Waals surface area contributed by atoms with Crippen LogP contribution < -0.4 is 56.2 Å². The summed E-state index contributed by atoms with van der Waals surface area (Å²) in [6, 6.07) is 64.1. The number of nitrogens with zero attached hydrogens (tertiary/aromatic N) is 15. The quantitative estimate of drug-likeness (QED) is 0.0349. The maximum Gasteiger partial charge on any atom is 0.349 e. The first-order chi connectivity index (χ1) is 66.7. The number of aromatic nitrogens is 20. The average Bonchev–Trinajstić information content (AvgIpc) is 0.773. The second kappa shape index (κ2) is 41.7. The molecule has 5 N–H and O–H groups in total. The molecule has 0 bridgehead atoms. The van der Waals surface area contributed by atoms with Gasteiger partial charge in [-0.15, -0.1) is 11.8 Å². The van der Waals surface area contributed by atoms with Crippen molar-refractivity contribution in [3.63, 3.8) is 0 Å². The van der Waals surface area contributed by atoms with E-state index in [1.165, 1.54) is 49.4 Å². The fourth-order valence-electron chi connectivity index (χ4n) is 17.2. The van der Waals surface area contributed by atoms with Gasteiger partial charge in [0.05, 0.1) is 55.2 Å². The van der Waals surface area contributed by atoms with Gasteiger partial charge in [-0.1, -0.05) is 138 Å². The molecule has 10 heterocycles. The second-order valence-corrected chi connectivity index (χ2v) is 36.9. The highest BCUT2D eigenvalue weighted by Gasteiger charge is 2.26. The van der Waals surface area contributed by atoms with Crippen LogP contribution in [-0.2, 0) is 58.4 Å². The van der Waals surface area contributed by atoms with Crippen molar-refractivity contribution in [3.05, 3.63) is 392 Å². The van der Waals surface area contributed by atoms with Crippen LogP contribution in [0, 0.1) is 96.9 Å². The monoisotopic (exact) mass is 1870 g/mol. The fourth-order valence-corrected chi connectivity index (χ4v) is 18.0. The van der Waals surface area contributed by atoms with E-state index in [0.29, 0.717) is 61.8 Å². The molecule has 0 spiro atoms. The van der Waals surface area contributed by atoms with Crippen molar-refractivity contribution in [2.24, 2.45) is 0 Å². The molecule has 0 aliphatic carbocycles. The van der Waals surface area contributed by atoms with E-state index in [1.807, 2.05) is 147 Å². The number of hydrogen-bond acceptors (Lipinski definition) is 21. The minimum Gasteiger partial charge on any atom is -0.322 e. The molecule has 0 fully saturated rings. The minimum atomic E-state index is -0.651. The number of aryl methyl sites for hydroxylation is 23. The molecule has 139 heavy (non-hydrogen) atoms. The van der Waals surface area contributed by atoms with Crippen LogP contribution in [0.15, 0.2) is 241 Å². The largest absolute Gasteiger partial charge is 0.349 e. The summed E-state index contributed by atoms with van der Waals surface area (Å²) >= 11 is 1.72. The van der Waals surface area contributed by atoms with Gasteiger partial charge in [0.2, 0.25) is 0 Å². The van der Waals surface area contributed by atoms with E-state index < -0.39 is 56.2 Å². The Morgan fingerprint density at radius 1 is 0.230 bits per heavy atom. The van der Waals surface area contributed by atoms with Crippen LogP contribution in [0.3, 0.4) is 0 Å². The van der Waals surface area contributed by atoms with Crippen LogP contribution in [0.4, 0.5) is 0 Å². The predicted molar refractivity (Wildman–Crippen MR) is 548 cm³/mol. The number of benzene rings is 10. The van der Waals surface area contributed by atoms with Crippen LogP contribution in [0.5, 0.6) is 0 Å². The van der Waals surface area contributed by atoms with Crippen LogP contribution in [0.2, 0.25) is 0 Å². The Kier molecular flexibility index (Phi) is 28.8. The molecule has 0 radical (unpaired) electrons. The minimum absolute atomic E-state index is 0.190. The molecular weight excluding hydrogens is 1770 g/mol. The lowest BCUT2D eigenvalue weighted by Gasteiger charge is -2.17. The van der Waals surface area contributed by atoms with Crippen LogP contribution in [0.1, 0.15) is 126 Å². The standard InChI is InChI=1S/4C22H22N4O2.C20H18N4O2S/c2*1-13-6-4-7-16(10-13)8-5-9-26-18-12-15(3)14(2)11-17(18)23-19-20(26)24-22(28)25-21(19)27;2*1-13-6-8-16(9-7-13)5-4-10-26-18-12-15(3)14(2)11-17(18)23-19-20(26)24-22(28)25-21(19)27;1-12-10-15-16(11-13(12)2)24(8-9-27-14-6-4-3-5-7-14)18-17(21-15)19(25)23-20(26)22-18/h2*4,6-7,10-12H,5,8-9H2,1-3H3,(H,25,27,28);2*6-9,11-12H,4-5,10H2,1-3H3,(H,25,27,28);3-7,10-11H,8-9H2,1-2H3,(H,23,25,26). The number of fused-ring (bicyclic) bond motifs is 10. The summed E-state index contributed by atoms with van der Waals surface area (Å²) in [6.45, 7) is 31.8. The van der Waals surface area contributed by atoms with E-state index in [2.05, 4.69) is 236 Å². The number of hydrogen-bond donors (Lipinski definition) is 5. The summed E-state index contributed by atoms with van der Waals surface area (Å²) in [5.41, 5.74) is 24.5. The third-order valence-corrected chi connectivity index (χ3v) is 26.2. The smallest absolute Gasteiger partial charge is 0.322 e. The SMILES string of the molecule is Cc1cc2nc3c(=O)[nH]c(=O)nc-3n(CCSc3ccccc3)c2cc1C.Cc1ccc(CCCn2c3nc(=O)[nH]c(=O)c-3nc3cc(C)c(C)cc32)cc1.Cc1ccc(CCCn2c3nc(=O)[nH]c(=O)c-3nc3cc(C)c(C)cc32)cc1.Cc1cccc(CCCn2c3nc(=O)[nH]c(=O)c-3nc3cc(C)c(C)cc32)c1.Cc1cccc(CCCn2c3nc(=O)[nH]c(=O)c-3nc3cc(C)c(C)cc32)c1. The molecule has 20 rings (SSSR count). The maximum atomic E-state index is 12.3. The van der Waals surface area contributed by atoms with Crippen LogP contribution in [0.25, 0.3) is 113 Å². The third-order valence-electron chi connectivity index (χ3n) is 25.2. The fraction of sp³-hybridized carbons (Fsp3) is 0.259.